The highest BCUT2D eigenvalue weighted by Gasteiger charge is 2.37. The third-order valence-electron chi connectivity index (χ3n) is 3.39. The third-order valence-corrected chi connectivity index (χ3v) is 3.95. The quantitative estimate of drug-likeness (QED) is 0.934. The molecular weight excluding hydrogens is 289 g/mol. The molecule has 6 heteroatoms. The second kappa shape index (κ2) is 5.39. The van der Waals surface area contributed by atoms with E-state index in [-0.39, 0.29) is 24.9 Å². The first kappa shape index (κ1) is 14.2. The lowest BCUT2D eigenvalue weighted by Crippen LogP contribution is -2.29. The lowest BCUT2D eigenvalue weighted by molar-refractivity contribution is -0.141. The Bertz CT molecular complexity index is 533. The van der Waals surface area contributed by atoms with E-state index in [2.05, 4.69) is 0 Å². The summed E-state index contributed by atoms with van der Waals surface area (Å²) < 4.78 is 0. The number of nitrogens with zero attached hydrogens (tertiary/aromatic N) is 1. The van der Waals surface area contributed by atoms with Crippen LogP contribution in [0.2, 0.25) is 10.0 Å². The fraction of sp³-hybridized carbons (Fsp3) is 0.385. The van der Waals surface area contributed by atoms with Gasteiger partial charge < -0.3 is 10.0 Å². The van der Waals surface area contributed by atoms with Gasteiger partial charge in [0.15, 0.2) is 0 Å². The Morgan fingerprint density at radius 1 is 1.47 bits per heavy atom. The highest BCUT2D eigenvalue weighted by Crippen LogP contribution is 2.33. The summed E-state index contributed by atoms with van der Waals surface area (Å²) in [5.41, 5.74) is 0.769. The molecule has 1 heterocycles. The van der Waals surface area contributed by atoms with E-state index in [1.807, 2.05) is 6.92 Å². The van der Waals surface area contributed by atoms with Crippen LogP contribution in [0, 0.1) is 5.92 Å². The van der Waals surface area contributed by atoms with Crippen LogP contribution < -0.4 is 0 Å². The second-order valence-corrected chi connectivity index (χ2v) is 5.47. The molecule has 0 saturated carbocycles. The number of likely N-dealkylation sites (tertiary alicyclic amines) is 1. The van der Waals surface area contributed by atoms with Gasteiger partial charge in [-0.3, -0.25) is 9.59 Å². The number of carbonyl (C=O) groups excluding carboxylic acids is 1. The van der Waals surface area contributed by atoms with Crippen molar-refractivity contribution in [3.8, 4) is 0 Å². The zero-order chi connectivity index (χ0) is 14.2. The number of benzene rings is 1. The predicted octanol–water partition coefficient (Wildman–Crippen LogP) is 2.99. The first-order chi connectivity index (χ1) is 8.90. The zero-order valence-electron chi connectivity index (χ0n) is 10.3. The lowest BCUT2D eigenvalue weighted by Gasteiger charge is -2.25. The number of hydrogen-bond acceptors (Lipinski definition) is 2. The number of aliphatic carboxylic acids is 1. The Labute approximate surface area is 120 Å². The number of hydrogen-bond donors (Lipinski definition) is 1. The number of rotatable bonds is 3. The Hall–Kier alpha value is -1.26. The molecule has 1 aliphatic rings. The standard InChI is InChI=1S/C13H13Cl2NO3/c1-7(10-3-2-9(14)5-11(10)15)16-6-8(13(18)19)4-12(16)17/h2-3,5,7-8H,4,6H2,1H3,(H,18,19). The molecule has 2 unspecified atom stereocenters. The summed E-state index contributed by atoms with van der Waals surface area (Å²) in [7, 11) is 0. The van der Waals surface area contributed by atoms with Gasteiger partial charge in [0.1, 0.15) is 0 Å². The van der Waals surface area contributed by atoms with Crippen LogP contribution in [0.1, 0.15) is 24.9 Å². The monoisotopic (exact) mass is 301 g/mol. The lowest BCUT2D eigenvalue weighted by atomic mass is 10.1. The first-order valence-corrected chi connectivity index (χ1v) is 6.63. The van der Waals surface area contributed by atoms with E-state index in [9.17, 15) is 9.59 Å². The molecular formula is C13H13Cl2NO3. The molecule has 2 atom stereocenters. The number of halogens is 2. The number of amides is 1. The van der Waals surface area contributed by atoms with Gasteiger partial charge in [0.2, 0.25) is 5.91 Å². The van der Waals surface area contributed by atoms with Crippen LogP contribution in [0.15, 0.2) is 18.2 Å². The second-order valence-electron chi connectivity index (χ2n) is 4.63. The van der Waals surface area contributed by atoms with E-state index in [0.29, 0.717) is 10.0 Å². The van der Waals surface area contributed by atoms with Gasteiger partial charge in [-0.25, -0.2) is 0 Å². The van der Waals surface area contributed by atoms with Gasteiger partial charge in [-0.2, -0.15) is 0 Å². The maximum Gasteiger partial charge on any atom is 0.308 e. The molecule has 1 aromatic carbocycles. The number of carboxylic acid groups (broad SMARTS) is 1. The minimum absolute atomic E-state index is 0.0465. The van der Waals surface area contributed by atoms with Crippen molar-refractivity contribution in [2.45, 2.75) is 19.4 Å². The van der Waals surface area contributed by atoms with Gasteiger partial charge in [-0.1, -0.05) is 29.3 Å². The van der Waals surface area contributed by atoms with Crippen molar-refractivity contribution in [2.75, 3.05) is 6.54 Å². The van der Waals surface area contributed by atoms with Crippen LogP contribution in [0.4, 0.5) is 0 Å². The summed E-state index contributed by atoms with van der Waals surface area (Å²) in [6, 6.07) is 4.82. The summed E-state index contributed by atoms with van der Waals surface area (Å²) in [5, 5.41) is 9.97. The molecule has 4 nitrogen and oxygen atoms in total. The fourth-order valence-electron chi connectivity index (χ4n) is 2.28. The molecule has 1 saturated heterocycles. The van der Waals surface area contributed by atoms with Gasteiger partial charge in [0.05, 0.1) is 12.0 Å². The number of carbonyl (C=O) groups is 2. The summed E-state index contributed by atoms with van der Waals surface area (Å²) in [6.07, 6.45) is 0.0465. The average molecular weight is 302 g/mol. The smallest absolute Gasteiger partial charge is 0.308 e. The van der Waals surface area contributed by atoms with Crippen LogP contribution in [0.5, 0.6) is 0 Å². The summed E-state index contributed by atoms with van der Waals surface area (Å²) in [6.45, 7) is 2.05. The fourth-order valence-corrected chi connectivity index (χ4v) is 2.85. The minimum Gasteiger partial charge on any atom is -0.481 e. The van der Waals surface area contributed by atoms with E-state index in [1.165, 1.54) is 0 Å². The van der Waals surface area contributed by atoms with Crippen LogP contribution in [-0.4, -0.2) is 28.4 Å². The molecule has 0 spiro atoms. The van der Waals surface area contributed by atoms with E-state index in [0.717, 1.165) is 5.56 Å². The maximum absolute atomic E-state index is 11.9. The number of carboxylic acids is 1. The van der Waals surface area contributed by atoms with Crippen molar-refractivity contribution in [2.24, 2.45) is 5.92 Å². The average Bonchev–Trinajstić information content (AvgIpc) is 2.71. The van der Waals surface area contributed by atoms with Gasteiger partial charge in [-0.15, -0.1) is 0 Å². The van der Waals surface area contributed by atoms with Crippen LogP contribution >= 0.6 is 23.2 Å². The van der Waals surface area contributed by atoms with Crippen LogP contribution in [-0.2, 0) is 9.59 Å². The predicted molar refractivity (Wildman–Crippen MR) is 72.3 cm³/mol. The molecule has 0 bridgehead atoms. The maximum atomic E-state index is 11.9. The van der Waals surface area contributed by atoms with Gasteiger partial charge in [0.25, 0.3) is 0 Å². The molecule has 1 N–H and O–H groups in total. The van der Waals surface area contributed by atoms with E-state index < -0.39 is 11.9 Å². The topological polar surface area (TPSA) is 57.6 Å². The Morgan fingerprint density at radius 2 is 2.16 bits per heavy atom. The van der Waals surface area contributed by atoms with Crippen molar-refractivity contribution in [3.05, 3.63) is 33.8 Å². The third kappa shape index (κ3) is 2.85. The van der Waals surface area contributed by atoms with Gasteiger partial charge in [0, 0.05) is 23.0 Å². The van der Waals surface area contributed by atoms with E-state index in [1.54, 1.807) is 23.1 Å². The largest absolute Gasteiger partial charge is 0.481 e. The molecule has 1 amide bonds. The molecule has 0 radical (unpaired) electrons. The van der Waals surface area contributed by atoms with Crippen molar-refractivity contribution in [3.63, 3.8) is 0 Å². The molecule has 19 heavy (non-hydrogen) atoms. The van der Waals surface area contributed by atoms with Crippen molar-refractivity contribution in [1.29, 1.82) is 0 Å². The molecule has 1 fully saturated rings. The Morgan fingerprint density at radius 3 is 2.68 bits per heavy atom. The van der Waals surface area contributed by atoms with Gasteiger partial charge >= 0.3 is 5.97 Å². The molecule has 1 aromatic rings. The minimum atomic E-state index is -0.940. The first-order valence-electron chi connectivity index (χ1n) is 5.87. The highest BCUT2D eigenvalue weighted by molar-refractivity contribution is 6.35. The molecule has 0 aromatic heterocycles. The summed E-state index contributed by atoms with van der Waals surface area (Å²) >= 11 is 11.9. The zero-order valence-corrected chi connectivity index (χ0v) is 11.8. The van der Waals surface area contributed by atoms with Crippen molar-refractivity contribution < 1.29 is 14.7 Å². The van der Waals surface area contributed by atoms with E-state index in [4.69, 9.17) is 28.3 Å². The van der Waals surface area contributed by atoms with Gasteiger partial charge in [-0.05, 0) is 24.6 Å². The summed E-state index contributed by atoms with van der Waals surface area (Å²) in [5.74, 6) is -1.74. The SMILES string of the molecule is CC(c1ccc(Cl)cc1Cl)N1CC(C(=O)O)CC1=O. The molecule has 0 aliphatic carbocycles. The van der Waals surface area contributed by atoms with Crippen molar-refractivity contribution in [1.82, 2.24) is 4.90 Å². The highest BCUT2D eigenvalue weighted by atomic mass is 35.5. The molecule has 2 rings (SSSR count). The van der Waals surface area contributed by atoms with Crippen molar-refractivity contribution >= 4 is 35.1 Å². The van der Waals surface area contributed by atoms with E-state index >= 15 is 0 Å². The molecule has 1 aliphatic heterocycles. The van der Waals surface area contributed by atoms with Crippen LogP contribution in [0.3, 0.4) is 0 Å². The Balaban J connectivity index is 2.22. The Kier molecular flexibility index (Phi) is 4.02. The normalized spacial score (nSPS) is 20.7. The molecule has 102 valence electrons. The summed E-state index contributed by atoms with van der Waals surface area (Å²) in [4.78, 5) is 24.4. The van der Waals surface area contributed by atoms with Crippen LogP contribution in [0.25, 0.3) is 0 Å².